The molecule has 0 saturated carbocycles. The molecule has 0 aliphatic carbocycles. The molecule has 0 bridgehead atoms. The minimum atomic E-state index is -0.193. The summed E-state index contributed by atoms with van der Waals surface area (Å²) in [6.07, 6.45) is 4.07. The number of benzene rings is 1. The summed E-state index contributed by atoms with van der Waals surface area (Å²) in [6, 6.07) is 5.05. The average Bonchev–Trinajstić information content (AvgIpc) is 2.44. The van der Waals surface area contributed by atoms with Crippen molar-refractivity contribution in [3.63, 3.8) is 0 Å². The third kappa shape index (κ3) is 5.51. The Balaban J connectivity index is 2.84. The first-order chi connectivity index (χ1) is 9.62. The summed E-state index contributed by atoms with van der Waals surface area (Å²) in [5.41, 5.74) is 0.983. The van der Waals surface area contributed by atoms with E-state index in [1.807, 2.05) is 0 Å². The van der Waals surface area contributed by atoms with Gasteiger partial charge in [0.25, 0.3) is 0 Å². The maximum absolute atomic E-state index is 13.4. The van der Waals surface area contributed by atoms with Crippen LogP contribution in [0.15, 0.2) is 22.7 Å². The van der Waals surface area contributed by atoms with Gasteiger partial charge in [0.2, 0.25) is 0 Å². The fourth-order valence-electron chi connectivity index (χ4n) is 2.37. The summed E-state index contributed by atoms with van der Waals surface area (Å²) in [5.74, 6) is -0.193. The Morgan fingerprint density at radius 2 is 2.05 bits per heavy atom. The second-order valence-electron chi connectivity index (χ2n) is 5.06. The number of rotatable bonds is 9. The monoisotopic (exact) mass is 345 g/mol. The molecule has 0 fully saturated rings. The van der Waals surface area contributed by atoms with Gasteiger partial charge >= 0.3 is 0 Å². The Kier molecular flexibility index (Phi) is 8.34. The van der Waals surface area contributed by atoms with Crippen molar-refractivity contribution < 1.29 is 9.13 Å². The Hall–Kier alpha value is -0.450. The molecule has 0 saturated heterocycles. The number of ether oxygens (including phenoxy) is 1. The predicted octanol–water partition coefficient (Wildman–Crippen LogP) is 4.31. The lowest BCUT2D eigenvalue weighted by Gasteiger charge is -2.27. The van der Waals surface area contributed by atoms with Crippen LogP contribution < -0.4 is 5.32 Å². The van der Waals surface area contributed by atoms with Gasteiger partial charge < -0.3 is 10.1 Å². The normalized spacial score (nSPS) is 14.2. The zero-order chi connectivity index (χ0) is 15.0. The van der Waals surface area contributed by atoms with Gasteiger partial charge in [-0.3, -0.25) is 0 Å². The van der Waals surface area contributed by atoms with Crippen molar-refractivity contribution in [1.82, 2.24) is 5.32 Å². The van der Waals surface area contributed by atoms with Crippen molar-refractivity contribution in [3.8, 4) is 0 Å². The Morgan fingerprint density at radius 1 is 1.30 bits per heavy atom. The molecule has 2 unspecified atom stereocenters. The molecule has 1 aromatic rings. The second-order valence-corrected chi connectivity index (χ2v) is 5.92. The molecule has 4 heteroatoms. The Bertz CT molecular complexity index is 400. The van der Waals surface area contributed by atoms with E-state index in [2.05, 4.69) is 35.1 Å². The molecule has 0 amide bonds. The van der Waals surface area contributed by atoms with Crippen molar-refractivity contribution in [2.24, 2.45) is 0 Å². The quantitative estimate of drug-likeness (QED) is 0.719. The summed E-state index contributed by atoms with van der Waals surface area (Å²) in [5, 5.41) is 3.53. The summed E-state index contributed by atoms with van der Waals surface area (Å²) in [6.45, 7) is 5.24. The van der Waals surface area contributed by atoms with E-state index in [0.29, 0.717) is 0 Å². The molecular weight excluding hydrogens is 321 g/mol. The molecule has 114 valence electrons. The van der Waals surface area contributed by atoms with Gasteiger partial charge in [0, 0.05) is 17.6 Å². The Labute approximate surface area is 130 Å². The maximum Gasteiger partial charge on any atom is 0.123 e. The van der Waals surface area contributed by atoms with Crippen LogP contribution in [0.4, 0.5) is 4.39 Å². The Morgan fingerprint density at radius 3 is 2.65 bits per heavy atom. The summed E-state index contributed by atoms with van der Waals surface area (Å²) >= 11 is 3.50. The molecule has 0 heterocycles. The van der Waals surface area contributed by atoms with Gasteiger partial charge in [-0.15, -0.1) is 0 Å². The number of hydrogen-bond acceptors (Lipinski definition) is 2. The number of halogens is 2. The molecule has 0 radical (unpaired) electrons. The van der Waals surface area contributed by atoms with Crippen LogP contribution in [0.25, 0.3) is 0 Å². The van der Waals surface area contributed by atoms with E-state index in [9.17, 15) is 4.39 Å². The maximum atomic E-state index is 13.4. The van der Waals surface area contributed by atoms with E-state index in [0.717, 1.165) is 42.3 Å². The molecule has 20 heavy (non-hydrogen) atoms. The van der Waals surface area contributed by atoms with E-state index in [4.69, 9.17) is 4.74 Å². The van der Waals surface area contributed by atoms with Gasteiger partial charge in [-0.25, -0.2) is 4.39 Å². The van der Waals surface area contributed by atoms with Crippen LogP contribution in [0.5, 0.6) is 0 Å². The van der Waals surface area contributed by atoms with Crippen LogP contribution >= 0.6 is 15.9 Å². The van der Waals surface area contributed by atoms with Crippen LogP contribution in [0.2, 0.25) is 0 Å². The molecule has 1 rings (SSSR count). The summed E-state index contributed by atoms with van der Waals surface area (Å²) in [7, 11) is 1.75. The zero-order valence-corrected chi connectivity index (χ0v) is 14.2. The SMILES string of the molecule is CCCNC(Cc1cc(F)ccc1Br)C(CCC)OC. The molecule has 2 nitrogen and oxygen atoms in total. The number of methoxy groups -OCH3 is 1. The molecule has 0 aromatic heterocycles. The highest BCUT2D eigenvalue weighted by atomic mass is 79.9. The first-order valence-electron chi connectivity index (χ1n) is 7.32. The molecule has 1 N–H and O–H groups in total. The van der Waals surface area contributed by atoms with Crippen LogP contribution in [-0.2, 0) is 11.2 Å². The van der Waals surface area contributed by atoms with Gasteiger partial charge in [0.1, 0.15) is 5.82 Å². The van der Waals surface area contributed by atoms with E-state index in [-0.39, 0.29) is 18.0 Å². The van der Waals surface area contributed by atoms with Crippen molar-refractivity contribution >= 4 is 15.9 Å². The number of nitrogens with one attached hydrogen (secondary N) is 1. The number of hydrogen-bond donors (Lipinski definition) is 1. The topological polar surface area (TPSA) is 21.3 Å². The van der Waals surface area contributed by atoms with Crippen molar-refractivity contribution in [2.75, 3.05) is 13.7 Å². The smallest absolute Gasteiger partial charge is 0.123 e. The van der Waals surface area contributed by atoms with Gasteiger partial charge in [0.15, 0.2) is 0 Å². The van der Waals surface area contributed by atoms with E-state index >= 15 is 0 Å². The van der Waals surface area contributed by atoms with Crippen molar-refractivity contribution in [2.45, 2.75) is 51.7 Å². The van der Waals surface area contributed by atoms with Gasteiger partial charge in [-0.05, 0) is 49.6 Å². The molecule has 0 spiro atoms. The van der Waals surface area contributed by atoms with Gasteiger partial charge in [0.05, 0.1) is 6.10 Å². The third-order valence-electron chi connectivity index (χ3n) is 3.43. The van der Waals surface area contributed by atoms with Crippen LogP contribution in [0.1, 0.15) is 38.7 Å². The highest BCUT2D eigenvalue weighted by Crippen LogP contribution is 2.21. The first kappa shape index (κ1) is 17.6. The zero-order valence-electron chi connectivity index (χ0n) is 12.6. The second kappa shape index (κ2) is 9.48. The van der Waals surface area contributed by atoms with Gasteiger partial charge in [-0.2, -0.15) is 0 Å². The first-order valence-corrected chi connectivity index (χ1v) is 8.11. The molecular formula is C16H25BrFNO. The lowest BCUT2D eigenvalue weighted by Crippen LogP contribution is -2.43. The standard InChI is InChI=1S/C16H25BrFNO/c1-4-6-16(20-3)15(19-9-5-2)11-12-10-13(18)7-8-14(12)17/h7-8,10,15-16,19H,4-6,9,11H2,1-3H3. The van der Waals surface area contributed by atoms with Crippen LogP contribution in [0.3, 0.4) is 0 Å². The molecule has 1 aromatic carbocycles. The van der Waals surface area contributed by atoms with Crippen molar-refractivity contribution in [1.29, 1.82) is 0 Å². The van der Waals surface area contributed by atoms with E-state index in [1.165, 1.54) is 6.07 Å². The highest BCUT2D eigenvalue weighted by molar-refractivity contribution is 9.10. The fraction of sp³-hybridized carbons (Fsp3) is 0.625. The summed E-state index contributed by atoms with van der Waals surface area (Å²) in [4.78, 5) is 0. The lowest BCUT2D eigenvalue weighted by molar-refractivity contribution is 0.0608. The minimum absolute atomic E-state index is 0.154. The lowest BCUT2D eigenvalue weighted by atomic mass is 9.98. The minimum Gasteiger partial charge on any atom is -0.380 e. The van der Waals surface area contributed by atoms with Crippen molar-refractivity contribution in [3.05, 3.63) is 34.1 Å². The largest absolute Gasteiger partial charge is 0.380 e. The van der Waals surface area contributed by atoms with E-state index in [1.54, 1.807) is 19.2 Å². The molecule has 0 aliphatic rings. The third-order valence-corrected chi connectivity index (χ3v) is 4.20. The van der Waals surface area contributed by atoms with E-state index < -0.39 is 0 Å². The predicted molar refractivity (Wildman–Crippen MR) is 85.6 cm³/mol. The summed E-state index contributed by atoms with van der Waals surface area (Å²) < 4.78 is 20.0. The molecule has 2 atom stereocenters. The average molecular weight is 346 g/mol. The van der Waals surface area contributed by atoms with Crippen LogP contribution in [-0.4, -0.2) is 25.8 Å². The highest BCUT2D eigenvalue weighted by Gasteiger charge is 2.21. The van der Waals surface area contributed by atoms with Gasteiger partial charge in [-0.1, -0.05) is 36.2 Å². The van der Waals surface area contributed by atoms with Crippen LogP contribution in [0, 0.1) is 5.82 Å². The fourth-order valence-corrected chi connectivity index (χ4v) is 2.78. The molecule has 0 aliphatic heterocycles.